The van der Waals surface area contributed by atoms with Crippen LogP contribution in [0.15, 0.2) is 18.2 Å². The summed E-state index contributed by atoms with van der Waals surface area (Å²) in [6.45, 7) is 7.65. The molecule has 0 aromatic heterocycles. The van der Waals surface area contributed by atoms with E-state index in [4.69, 9.17) is 15.2 Å². The SMILES string of the molecule is CCC(C)C(N)C(=O)Nc1ccc2c(c1)OC(C)(C)O2. The van der Waals surface area contributed by atoms with Crippen molar-refractivity contribution in [3.8, 4) is 11.5 Å². The third-order valence-corrected chi connectivity index (χ3v) is 3.48. The first-order valence-electron chi connectivity index (χ1n) is 6.91. The number of carbonyl (C=O) groups is 1. The highest BCUT2D eigenvalue weighted by Crippen LogP contribution is 2.40. The number of benzene rings is 1. The van der Waals surface area contributed by atoms with E-state index in [1.54, 1.807) is 18.2 Å². The molecule has 5 heteroatoms. The molecule has 1 aromatic rings. The Morgan fingerprint density at radius 1 is 1.35 bits per heavy atom. The van der Waals surface area contributed by atoms with Crippen LogP contribution in [0.3, 0.4) is 0 Å². The number of nitrogens with one attached hydrogen (secondary N) is 1. The second-order valence-corrected chi connectivity index (χ2v) is 5.67. The number of rotatable bonds is 4. The molecule has 2 atom stereocenters. The zero-order chi connectivity index (χ0) is 14.9. The van der Waals surface area contributed by atoms with Gasteiger partial charge in [-0.25, -0.2) is 0 Å². The van der Waals surface area contributed by atoms with Crippen LogP contribution in [0.2, 0.25) is 0 Å². The Morgan fingerprint density at radius 3 is 2.65 bits per heavy atom. The molecule has 3 N–H and O–H groups in total. The number of amides is 1. The molecule has 0 saturated heterocycles. The minimum atomic E-state index is -0.669. The van der Waals surface area contributed by atoms with Crippen molar-refractivity contribution >= 4 is 11.6 Å². The van der Waals surface area contributed by atoms with Gasteiger partial charge in [0.15, 0.2) is 11.5 Å². The van der Waals surface area contributed by atoms with Crippen molar-refractivity contribution in [2.24, 2.45) is 11.7 Å². The molecule has 0 bridgehead atoms. The van der Waals surface area contributed by atoms with Gasteiger partial charge in [0.25, 0.3) is 0 Å². The van der Waals surface area contributed by atoms with Gasteiger partial charge in [0.05, 0.1) is 6.04 Å². The molecule has 0 radical (unpaired) electrons. The smallest absolute Gasteiger partial charge is 0.246 e. The Balaban J connectivity index is 2.07. The van der Waals surface area contributed by atoms with Crippen molar-refractivity contribution in [3.05, 3.63) is 18.2 Å². The zero-order valence-corrected chi connectivity index (χ0v) is 12.4. The molecule has 2 unspecified atom stereocenters. The highest BCUT2D eigenvalue weighted by atomic mass is 16.7. The van der Waals surface area contributed by atoms with Gasteiger partial charge in [-0.05, 0) is 18.1 Å². The summed E-state index contributed by atoms with van der Waals surface area (Å²) in [6, 6.07) is 4.81. The van der Waals surface area contributed by atoms with Gasteiger partial charge in [-0.1, -0.05) is 20.3 Å². The number of carbonyl (C=O) groups excluding carboxylic acids is 1. The Kier molecular flexibility index (Phi) is 3.90. The molecule has 1 aliphatic rings. The molecule has 0 spiro atoms. The van der Waals surface area contributed by atoms with E-state index >= 15 is 0 Å². The van der Waals surface area contributed by atoms with Gasteiger partial charge >= 0.3 is 0 Å². The quantitative estimate of drug-likeness (QED) is 0.887. The van der Waals surface area contributed by atoms with Gasteiger partial charge < -0.3 is 20.5 Å². The standard InChI is InChI=1S/C15H22N2O3/c1-5-9(2)13(16)14(18)17-10-6-7-11-12(8-10)20-15(3,4)19-11/h6-9,13H,5,16H2,1-4H3,(H,17,18). The first-order chi connectivity index (χ1) is 9.32. The van der Waals surface area contributed by atoms with E-state index < -0.39 is 11.8 Å². The van der Waals surface area contributed by atoms with Crippen LogP contribution < -0.4 is 20.5 Å². The molecular weight excluding hydrogens is 256 g/mol. The summed E-state index contributed by atoms with van der Waals surface area (Å²) in [5.41, 5.74) is 6.57. The largest absolute Gasteiger partial charge is 0.449 e. The van der Waals surface area contributed by atoms with Gasteiger partial charge in [-0.2, -0.15) is 0 Å². The average Bonchev–Trinajstić information content (AvgIpc) is 2.69. The molecule has 110 valence electrons. The highest BCUT2D eigenvalue weighted by molar-refractivity contribution is 5.95. The number of anilines is 1. The molecule has 1 aliphatic heterocycles. The summed E-state index contributed by atoms with van der Waals surface area (Å²) < 4.78 is 11.2. The topological polar surface area (TPSA) is 73.6 Å². The first-order valence-corrected chi connectivity index (χ1v) is 6.91. The highest BCUT2D eigenvalue weighted by Gasteiger charge is 2.31. The Morgan fingerprint density at radius 2 is 2.00 bits per heavy atom. The van der Waals surface area contributed by atoms with Gasteiger partial charge in [-0.3, -0.25) is 4.79 Å². The van der Waals surface area contributed by atoms with Crippen LogP contribution in [0.25, 0.3) is 0 Å². The Bertz CT molecular complexity index is 514. The molecule has 1 heterocycles. The zero-order valence-electron chi connectivity index (χ0n) is 12.4. The van der Waals surface area contributed by atoms with Gasteiger partial charge in [0, 0.05) is 25.6 Å². The van der Waals surface area contributed by atoms with Crippen molar-refractivity contribution in [1.29, 1.82) is 0 Å². The van der Waals surface area contributed by atoms with Crippen LogP contribution >= 0.6 is 0 Å². The van der Waals surface area contributed by atoms with Crippen LogP contribution in [-0.4, -0.2) is 17.7 Å². The molecule has 1 amide bonds. The molecule has 5 nitrogen and oxygen atoms in total. The minimum absolute atomic E-state index is 0.142. The van der Waals surface area contributed by atoms with Crippen LogP contribution in [0.1, 0.15) is 34.1 Å². The summed E-state index contributed by atoms with van der Waals surface area (Å²) in [4.78, 5) is 12.0. The monoisotopic (exact) mass is 278 g/mol. The fourth-order valence-corrected chi connectivity index (χ4v) is 2.04. The summed E-state index contributed by atoms with van der Waals surface area (Å²) in [5, 5.41) is 2.81. The molecule has 1 aromatic carbocycles. The van der Waals surface area contributed by atoms with Gasteiger partial charge in [0.1, 0.15) is 0 Å². The number of fused-ring (bicyclic) bond motifs is 1. The lowest BCUT2D eigenvalue weighted by atomic mass is 9.99. The third kappa shape index (κ3) is 3.04. The summed E-state index contributed by atoms with van der Waals surface area (Å²) in [6.07, 6.45) is 0.865. The van der Waals surface area contributed by atoms with Crippen molar-refractivity contribution < 1.29 is 14.3 Å². The van der Waals surface area contributed by atoms with E-state index in [-0.39, 0.29) is 11.8 Å². The number of ether oxygens (including phenoxy) is 2. The minimum Gasteiger partial charge on any atom is -0.449 e. The van der Waals surface area contributed by atoms with Crippen LogP contribution in [0, 0.1) is 5.92 Å². The molecule has 0 saturated carbocycles. The van der Waals surface area contributed by atoms with E-state index in [1.165, 1.54) is 0 Å². The van der Waals surface area contributed by atoms with E-state index in [1.807, 2.05) is 27.7 Å². The lowest BCUT2D eigenvalue weighted by Crippen LogP contribution is -2.40. The maximum atomic E-state index is 12.0. The Labute approximate surface area is 119 Å². The van der Waals surface area contributed by atoms with Crippen LogP contribution in [-0.2, 0) is 4.79 Å². The number of hydrogen-bond acceptors (Lipinski definition) is 4. The second kappa shape index (κ2) is 5.32. The van der Waals surface area contributed by atoms with Gasteiger partial charge in [0.2, 0.25) is 11.7 Å². The fraction of sp³-hybridized carbons (Fsp3) is 0.533. The molecule has 0 aliphatic carbocycles. The summed E-state index contributed by atoms with van der Waals surface area (Å²) in [5.74, 6) is 0.600. The molecule has 2 rings (SSSR count). The number of hydrogen-bond donors (Lipinski definition) is 2. The summed E-state index contributed by atoms with van der Waals surface area (Å²) in [7, 11) is 0. The van der Waals surface area contributed by atoms with E-state index in [9.17, 15) is 4.79 Å². The van der Waals surface area contributed by atoms with E-state index in [2.05, 4.69) is 5.32 Å². The van der Waals surface area contributed by atoms with Crippen molar-refractivity contribution in [2.45, 2.75) is 45.9 Å². The van der Waals surface area contributed by atoms with E-state index in [0.717, 1.165) is 6.42 Å². The number of nitrogens with two attached hydrogens (primary N) is 1. The normalized spacial score (nSPS) is 18.4. The molecular formula is C15H22N2O3. The predicted molar refractivity (Wildman–Crippen MR) is 77.8 cm³/mol. The lowest BCUT2D eigenvalue weighted by molar-refractivity contribution is -0.118. The van der Waals surface area contributed by atoms with Crippen molar-refractivity contribution in [3.63, 3.8) is 0 Å². The average molecular weight is 278 g/mol. The molecule has 20 heavy (non-hydrogen) atoms. The Hall–Kier alpha value is -1.75. The van der Waals surface area contributed by atoms with Crippen molar-refractivity contribution in [2.75, 3.05) is 5.32 Å². The maximum absolute atomic E-state index is 12.0. The van der Waals surface area contributed by atoms with Crippen molar-refractivity contribution in [1.82, 2.24) is 0 Å². The third-order valence-electron chi connectivity index (χ3n) is 3.48. The van der Waals surface area contributed by atoms with Gasteiger partial charge in [-0.15, -0.1) is 0 Å². The molecule has 0 fully saturated rings. The van der Waals surface area contributed by atoms with E-state index in [0.29, 0.717) is 17.2 Å². The first kappa shape index (κ1) is 14.7. The predicted octanol–water partition coefficient (Wildman–Crippen LogP) is 2.51. The summed E-state index contributed by atoms with van der Waals surface area (Å²) >= 11 is 0. The van der Waals surface area contributed by atoms with Crippen LogP contribution in [0.4, 0.5) is 5.69 Å². The van der Waals surface area contributed by atoms with Crippen LogP contribution in [0.5, 0.6) is 11.5 Å². The fourth-order valence-electron chi connectivity index (χ4n) is 2.04. The maximum Gasteiger partial charge on any atom is 0.246 e. The second-order valence-electron chi connectivity index (χ2n) is 5.67. The lowest BCUT2D eigenvalue weighted by Gasteiger charge is -2.17.